The molecule has 4 nitrogen and oxygen atoms in total. The summed E-state index contributed by atoms with van der Waals surface area (Å²) >= 11 is 0. The van der Waals surface area contributed by atoms with Gasteiger partial charge in [-0.05, 0) is 38.5 Å². The summed E-state index contributed by atoms with van der Waals surface area (Å²) in [6.07, 6.45) is 0.947. The fourth-order valence-corrected chi connectivity index (χ4v) is 1.86. The quantitative estimate of drug-likeness (QED) is 0.823. The molecule has 0 aliphatic heterocycles. The van der Waals surface area contributed by atoms with Crippen LogP contribution in [0.4, 0.5) is 0 Å². The molecule has 0 spiro atoms. The maximum Gasteiger partial charge on any atom is 0.254 e. The van der Waals surface area contributed by atoms with Crippen molar-refractivity contribution in [3.8, 4) is 5.75 Å². The van der Waals surface area contributed by atoms with Gasteiger partial charge in [0, 0.05) is 18.7 Å². The number of ether oxygens (including phenoxy) is 1. The van der Waals surface area contributed by atoms with Gasteiger partial charge in [-0.2, -0.15) is 0 Å². The summed E-state index contributed by atoms with van der Waals surface area (Å²) < 4.78 is 5.58. The summed E-state index contributed by atoms with van der Waals surface area (Å²) in [7, 11) is 0. The number of hydrogen-bond acceptors (Lipinski definition) is 3. The summed E-state index contributed by atoms with van der Waals surface area (Å²) in [6, 6.07) is 7.18. The molecule has 0 unspecified atom stereocenters. The Morgan fingerprint density at radius 2 is 2.11 bits per heavy atom. The molecule has 4 heteroatoms. The molecule has 1 aromatic rings. The number of rotatable bonds is 7. The Morgan fingerprint density at radius 3 is 2.68 bits per heavy atom. The number of amides is 1. The lowest BCUT2D eigenvalue weighted by Gasteiger charge is -2.21. The van der Waals surface area contributed by atoms with E-state index in [0.29, 0.717) is 24.4 Å². The molecule has 0 bridgehead atoms. The van der Waals surface area contributed by atoms with E-state index in [-0.39, 0.29) is 18.6 Å². The summed E-state index contributed by atoms with van der Waals surface area (Å²) in [5.41, 5.74) is 0.597. The first-order valence-corrected chi connectivity index (χ1v) is 6.75. The maximum absolute atomic E-state index is 12.3. The number of aliphatic hydroxyl groups is 1. The van der Waals surface area contributed by atoms with Crippen molar-refractivity contribution in [3.05, 3.63) is 29.8 Å². The van der Waals surface area contributed by atoms with Crippen LogP contribution in [0.2, 0.25) is 0 Å². The molecule has 0 aliphatic rings. The van der Waals surface area contributed by atoms with Gasteiger partial charge in [-0.25, -0.2) is 0 Å². The predicted molar refractivity (Wildman–Crippen MR) is 75.5 cm³/mol. The lowest BCUT2D eigenvalue weighted by molar-refractivity contribution is 0.0721. The molecule has 0 fully saturated rings. The second kappa shape index (κ2) is 7.79. The van der Waals surface area contributed by atoms with Crippen molar-refractivity contribution >= 4 is 5.91 Å². The minimum Gasteiger partial charge on any atom is -0.491 e. The Hall–Kier alpha value is -1.55. The van der Waals surface area contributed by atoms with E-state index in [9.17, 15) is 4.79 Å². The molecule has 1 rings (SSSR count). The van der Waals surface area contributed by atoms with Gasteiger partial charge in [-0.15, -0.1) is 0 Å². The van der Waals surface area contributed by atoms with Crippen molar-refractivity contribution in [3.63, 3.8) is 0 Å². The Morgan fingerprint density at radius 1 is 1.37 bits per heavy atom. The van der Waals surface area contributed by atoms with Crippen molar-refractivity contribution in [2.75, 3.05) is 19.7 Å². The number of carbonyl (C=O) groups is 1. The molecule has 1 aromatic carbocycles. The highest BCUT2D eigenvalue weighted by Crippen LogP contribution is 2.16. The fraction of sp³-hybridized carbons (Fsp3) is 0.533. The van der Waals surface area contributed by atoms with E-state index in [1.54, 1.807) is 17.0 Å². The molecule has 1 amide bonds. The normalized spacial score (nSPS) is 10.6. The standard InChI is InChI=1S/C15H23NO3/c1-4-8-16(9-10-17)15(18)13-6-5-7-14(11-13)19-12(2)3/h5-7,11-12,17H,4,8-10H2,1-3H3. The third-order valence-electron chi connectivity index (χ3n) is 2.60. The van der Waals surface area contributed by atoms with Gasteiger partial charge in [0.2, 0.25) is 0 Å². The van der Waals surface area contributed by atoms with Crippen LogP contribution < -0.4 is 4.74 Å². The topological polar surface area (TPSA) is 49.8 Å². The predicted octanol–water partition coefficient (Wildman–Crippen LogP) is 2.32. The molecule has 0 aromatic heterocycles. The molecule has 0 atom stereocenters. The smallest absolute Gasteiger partial charge is 0.254 e. The van der Waals surface area contributed by atoms with Crippen LogP contribution >= 0.6 is 0 Å². The highest BCUT2D eigenvalue weighted by Gasteiger charge is 2.15. The zero-order valence-corrected chi connectivity index (χ0v) is 11.9. The third kappa shape index (κ3) is 4.91. The molecule has 0 radical (unpaired) electrons. The SMILES string of the molecule is CCCN(CCO)C(=O)c1cccc(OC(C)C)c1. The van der Waals surface area contributed by atoms with Gasteiger partial charge >= 0.3 is 0 Å². The Kier molecular flexibility index (Phi) is 6.36. The van der Waals surface area contributed by atoms with Gasteiger partial charge in [-0.1, -0.05) is 13.0 Å². The molecule has 0 saturated carbocycles. The molecular formula is C15H23NO3. The second-order valence-electron chi connectivity index (χ2n) is 4.71. The molecule has 19 heavy (non-hydrogen) atoms. The number of benzene rings is 1. The number of aliphatic hydroxyl groups excluding tert-OH is 1. The first kappa shape index (κ1) is 15.5. The van der Waals surface area contributed by atoms with Crippen LogP contribution in [0.15, 0.2) is 24.3 Å². The molecule has 1 N–H and O–H groups in total. The highest BCUT2D eigenvalue weighted by molar-refractivity contribution is 5.94. The van der Waals surface area contributed by atoms with Crippen LogP contribution in [0.1, 0.15) is 37.6 Å². The lowest BCUT2D eigenvalue weighted by Crippen LogP contribution is -2.34. The zero-order chi connectivity index (χ0) is 14.3. The minimum absolute atomic E-state index is 0.0199. The monoisotopic (exact) mass is 265 g/mol. The van der Waals surface area contributed by atoms with Gasteiger partial charge in [-0.3, -0.25) is 4.79 Å². The van der Waals surface area contributed by atoms with Crippen LogP contribution in [-0.2, 0) is 0 Å². The van der Waals surface area contributed by atoms with Gasteiger partial charge in [0.25, 0.3) is 5.91 Å². The number of hydrogen-bond donors (Lipinski definition) is 1. The first-order valence-electron chi connectivity index (χ1n) is 6.75. The van der Waals surface area contributed by atoms with Crippen molar-refractivity contribution in [2.24, 2.45) is 0 Å². The summed E-state index contributed by atoms with van der Waals surface area (Å²) in [5, 5.41) is 9.01. The first-order chi connectivity index (χ1) is 9.08. The van der Waals surface area contributed by atoms with Gasteiger partial charge in [0.05, 0.1) is 12.7 Å². The maximum atomic E-state index is 12.3. The zero-order valence-electron chi connectivity index (χ0n) is 11.9. The second-order valence-corrected chi connectivity index (χ2v) is 4.71. The largest absolute Gasteiger partial charge is 0.491 e. The van der Waals surface area contributed by atoms with Crippen LogP contribution in [-0.4, -0.2) is 41.7 Å². The van der Waals surface area contributed by atoms with Crippen molar-refractivity contribution in [1.29, 1.82) is 0 Å². The summed E-state index contributed by atoms with van der Waals surface area (Å²) in [6.45, 7) is 6.90. The van der Waals surface area contributed by atoms with E-state index < -0.39 is 0 Å². The fourth-order valence-electron chi connectivity index (χ4n) is 1.86. The lowest BCUT2D eigenvalue weighted by atomic mass is 10.2. The van der Waals surface area contributed by atoms with E-state index in [1.807, 2.05) is 32.9 Å². The third-order valence-corrected chi connectivity index (χ3v) is 2.60. The van der Waals surface area contributed by atoms with Gasteiger partial charge in [0.15, 0.2) is 0 Å². The molecule has 106 valence electrons. The van der Waals surface area contributed by atoms with Crippen molar-refractivity contribution in [1.82, 2.24) is 4.90 Å². The minimum atomic E-state index is -0.0647. The number of carbonyl (C=O) groups excluding carboxylic acids is 1. The molecule has 0 saturated heterocycles. The average Bonchev–Trinajstić information content (AvgIpc) is 2.37. The van der Waals surface area contributed by atoms with Gasteiger partial charge < -0.3 is 14.7 Å². The molecule has 0 heterocycles. The number of nitrogens with zero attached hydrogens (tertiary/aromatic N) is 1. The van der Waals surface area contributed by atoms with Crippen LogP contribution in [0.5, 0.6) is 5.75 Å². The Bertz CT molecular complexity index is 398. The van der Waals surface area contributed by atoms with E-state index in [2.05, 4.69) is 0 Å². The van der Waals surface area contributed by atoms with Crippen LogP contribution in [0.25, 0.3) is 0 Å². The van der Waals surface area contributed by atoms with Crippen molar-refractivity contribution < 1.29 is 14.6 Å². The van der Waals surface area contributed by atoms with E-state index in [0.717, 1.165) is 6.42 Å². The summed E-state index contributed by atoms with van der Waals surface area (Å²) in [5.74, 6) is 0.631. The van der Waals surface area contributed by atoms with E-state index >= 15 is 0 Å². The Labute approximate surface area is 115 Å². The van der Waals surface area contributed by atoms with Gasteiger partial charge in [0.1, 0.15) is 5.75 Å². The highest BCUT2D eigenvalue weighted by atomic mass is 16.5. The average molecular weight is 265 g/mol. The molecular weight excluding hydrogens is 242 g/mol. The van der Waals surface area contributed by atoms with Crippen LogP contribution in [0, 0.1) is 0 Å². The van der Waals surface area contributed by atoms with Crippen LogP contribution in [0.3, 0.4) is 0 Å². The van der Waals surface area contributed by atoms with E-state index in [1.165, 1.54) is 0 Å². The summed E-state index contributed by atoms with van der Waals surface area (Å²) in [4.78, 5) is 14.0. The van der Waals surface area contributed by atoms with Crippen molar-refractivity contribution in [2.45, 2.75) is 33.3 Å². The van der Waals surface area contributed by atoms with E-state index in [4.69, 9.17) is 9.84 Å². The Balaban J connectivity index is 2.84. The molecule has 0 aliphatic carbocycles.